The molecule has 42 heavy (non-hydrogen) atoms. The maximum atomic E-state index is 6.42. The third-order valence-electron chi connectivity index (χ3n) is 8.96. The van der Waals surface area contributed by atoms with E-state index in [2.05, 4.69) is 129 Å². The van der Waals surface area contributed by atoms with Gasteiger partial charge in [-0.3, -0.25) is 0 Å². The van der Waals surface area contributed by atoms with Gasteiger partial charge in [-0.15, -0.1) is 22.7 Å². The van der Waals surface area contributed by atoms with Gasteiger partial charge in [-0.25, -0.2) is 0 Å². The Morgan fingerprint density at radius 1 is 0.476 bits per heavy atom. The van der Waals surface area contributed by atoms with Crippen molar-refractivity contribution in [3.05, 3.63) is 132 Å². The number of ether oxygens (including phenoxy) is 1. The molecule has 0 fully saturated rings. The predicted molar refractivity (Wildman–Crippen MR) is 182 cm³/mol. The van der Waals surface area contributed by atoms with Crippen molar-refractivity contribution < 1.29 is 4.74 Å². The highest BCUT2D eigenvalue weighted by molar-refractivity contribution is 7.26. The SMILES string of the molecule is CC1(C)c2ccccc2Oc2cc(-c3ccc4c(c3)sc3cc(-c5cccc6sc7ccccc7c56)ccc34)ccc21. The lowest BCUT2D eigenvalue weighted by atomic mass is 9.75. The van der Waals surface area contributed by atoms with Gasteiger partial charge in [-0.1, -0.05) is 98.8 Å². The van der Waals surface area contributed by atoms with Crippen molar-refractivity contribution in [2.24, 2.45) is 0 Å². The Kier molecular flexibility index (Phi) is 5.06. The molecule has 0 atom stereocenters. The molecule has 1 aliphatic heterocycles. The van der Waals surface area contributed by atoms with E-state index in [0.29, 0.717) is 0 Å². The first-order valence-corrected chi connectivity index (χ1v) is 16.0. The van der Waals surface area contributed by atoms with Gasteiger partial charge >= 0.3 is 0 Å². The molecule has 3 heteroatoms. The normalized spacial score (nSPS) is 13.9. The van der Waals surface area contributed by atoms with Crippen LogP contribution in [0.25, 0.3) is 62.6 Å². The third kappa shape index (κ3) is 3.47. The Labute approximate surface area is 252 Å². The maximum absolute atomic E-state index is 6.42. The van der Waals surface area contributed by atoms with E-state index in [1.165, 1.54) is 73.7 Å². The van der Waals surface area contributed by atoms with Crippen LogP contribution in [0.3, 0.4) is 0 Å². The third-order valence-corrected chi connectivity index (χ3v) is 11.2. The molecule has 200 valence electrons. The molecule has 9 rings (SSSR count). The van der Waals surface area contributed by atoms with Crippen molar-refractivity contribution in [1.82, 2.24) is 0 Å². The van der Waals surface area contributed by atoms with Gasteiger partial charge in [-0.05, 0) is 58.7 Å². The zero-order valence-corrected chi connectivity index (χ0v) is 24.9. The van der Waals surface area contributed by atoms with E-state index >= 15 is 0 Å². The lowest BCUT2D eigenvalue weighted by Gasteiger charge is -2.34. The molecule has 1 nitrogen and oxygen atoms in total. The quantitative estimate of drug-likeness (QED) is 0.199. The highest BCUT2D eigenvalue weighted by Gasteiger charge is 2.34. The first-order valence-electron chi connectivity index (χ1n) is 14.3. The molecular weight excluding hydrogens is 549 g/mol. The number of para-hydroxylation sites is 1. The van der Waals surface area contributed by atoms with Crippen LogP contribution in [0.2, 0.25) is 0 Å². The van der Waals surface area contributed by atoms with Crippen LogP contribution in [0.15, 0.2) is 121 Å². The van der Waals surface area contributed by atoms with E-state index in [0.717, 1.165) is 11.5 Å². The summed E-state index contributed by atoms with van der Waals surface area (Å²) in [4.78, 5) is 0. The zero-order chi connectivity index (χ0) is 28.0. The average Bonchev–Trinajstić information content (AvgIpc) is 3.58. The summed E-state index contributed by atoms with van der Waals surface area (Å²) in [5.41, 5.74) is 7.34. The van der Waals surface area contributed by atoms with E-state index in [9.17, 15) is 0 Å². The summed E-state index contributed by atoms with van der Waals surface area (Å²) < 4.78 is 11.7. The Morgan fingerprint density at radius 3 is 2.00 bits per heavy atom. The van der Waals surface area contributed by atoms with E-state index < -0.39 is 0 Å². The molecule has 2 aromatic heterocycles. The summed E-state index contributed by atoms with van der Waals surface area (Å²) in [5, 5.41) is 5.34. The van der Waals surface area contributed by atoms with Crippen LogP contribution in [-0.2, 0) is 5.41 Å². The minimum Gasteiger partial charge on any atom is -0.457 e. The van der Waals surface area contributed by atoms with Crippen LogP contribution < -0.4 is 4.74 Å². The molecule has 1 aliphatic rings. The molecule has 0 spiro atoms. The lowest BCUT2D eigenvalue weighted by Crippen LogP contribution is -2.24. The number of thiophene rings is 2. The number of fused-ring (bicyclic) bond motifs is 8. The average molecular weight is 575 g/mol. The number of hydrogen-bond donors (Lipinski definition) is 0. The Bertz CT molecular complexity index is 2370. The largest absolute Gasteiger partial charge is 0.457 e. The molecule has 0 saturated carbocycles. The molecule has 0 unspecified atom stereocenters. The first kappa shape index (κ1) is 24.2. The number of hydrogen-bond acceptors (Lipinski definition) is 3. The van der Waals surface area contributed by atoms with Crippen molar-refractivity contribution in [3.8, 4) is 33.8 Å². The maximum Gasteiger partial charge on any atom is 0.132 e. The van der Waals surface area contributed by atoms with Gasteiger partial charge in [0.1, 0.15) is 11.5 Å². The summed E-state index contributed by atoms with van der Waals surface area (Å²) in [6, 6.07) is 44.4. The smallest absolute Gasteiger partial charge is 0.132 e. The van der Waals surface area contributed by atoms with Crippen molar-refractivity contribution in [2.75, 3.05) is 0 Å². The van der Waals surface area contributed by atoms with Crippen LogP contribution in [0.5, 0.6) is 11.5 Å². The monoisotopic (exact) mass is 574 g/mol. The van der Waals surface area contributed by atoms with Gasteiger partial charge in [0.2, 0.25) is 0 Å². The highest BCUT2D eigenvalue weighted by Crippen LogP contribution is 2.49. The fraction of sp³-hybridized carbons (Fsp3) is 0.0769. The molecule has 3 heterocycles. The second-order valence-corrected chi connectivity index (χ2v) is 13.9. The fourth-order valence-corrected chi connectivity index (χ4v) is 9.09. The minimum atomic E-state index is -0.102. The van der Waals surface area contributed by atoms with E-state index in [4.69, 9.17) is 4.74 Å². The molecule has 0 aliphatic carbocycles. The van der Waals surface area contributed by atoms with Gasteiger partial charge in [0.25, 0.3) is 0 Å². The summed E-state index contributed by atoms with van der Waals surface area (Å²) >= 11 is 3.76. The fourth-order valence-electron chi connectivity index (χ4n) is 6.78. The van der Waals surface area contributed by atoms with Gasteiger partial charge in [0.15, 0.2) is 0 Å². The van der Waals surface area contributed by atoms with Crippen LogP contribution in [0, 0.1) is 0 Å². The Hall–Kier alpha value is -4.44. The second kappa shape index (κ2) is 8.78. The Morgan fingerprint density at radius 2 is 1.12 bits per heavy atom. The van der Waals surface area contributed by atoms with Crippen molar-refractivity contribution >= 4 is 63.0 Å². The number of benzene rings is 6. The summed E-state index contributed by atoms with van der Waals surface area (Å²) in [6.07, 6.45) is 0. The zero-order valence-electron chi connectivity index (χ0n) is 23.3. The number of rotatable bonds is 2. The minimum absolute atomic E-state index is 0.102. The second-order valence-electron chi connectivity index (χ2n) is 11.7. The van der Waals surface area contributed by atoms with E-state index in [1.54, 1.807) is 0 Å². The predicted octanol–water partition coefficient (Wildman–Crippen LogP) is 12.2. The Balaban J connectivity index is 1.14. The van der Waals surface area contributed by atoms with Crippen LogP contribution in [0.4, 0.5) is 0 Å². The van der Waals surface area contributed by atoms with Crippen LogP contribution >= 0.6 is 22.7 Å². The van der Waals surface area contributed by atoms with Crippen LogP contribution in [-0.4, -0.2) is 0 Å². The van der Waals surface area contributed by atoms with Gasteiger partial charge in [0, 0.05) is 56.9 Å². The van der Waals surface area contributed by atoms with Crippen molar-refractivity contribution in [1.29, 1.82) is 0 Å². The summed E-state index contributed by atoms with van der Waals surface area (Å²) in [6.45, 7) is 4.57. The molecule has 0 amide bonds. The van der Waals surface area contributed by atoms with Gasteiger partial charge < -0.3 is 4.74 Å². The topological polar surface area (TPSA) is 9.23 Å². The van der Waals surface area contributed by atoms with E-state index in [-0.39, 0.29) is 5.41 Å². The molecule has 8 aromatic rings. The van der Waals surface area contributed by atoms with Crippen LogP contribution in [0.1, 0.15) is 25.0 Å². The standard InChI is InChI=1S/C39H26OS2/c1-39(2)30-10-4-5-11-32(30)40-33-20-23(16-19-31(33)39)24-14-17-27-28-18-15-25(22-37(28)42-36(27)21-24)26-9-7-13-35-38(26)29-8-3-6-12-34(29)41-35/h3-22H,1-2H3. The molecule has 6 aromatic carbocycles. The highest BCUT2D eigenvalue weighted by atomic mass is 32.1. The first-order chi connectivity index (χ1) is 20.5. The molecule has 0 radical (unpaired) electrons. The van der Waals surface area contributed by atoms with Crippen molar-refractivity contribution in [2.45, 2.75) is 19.3 Å². The van der Waals surface area contributed by atoms with Gasteiger partial charge in [0.05, 0.1) is 0 Å². The van der Waals surface area contributed by atoms with Gasteiger partial charge in [-0.2, -0.15) is 0 Å². The summed E-state index contributed by atoms with van der Waals surface area (Å²) in [7, 11) is 0. The van der Waals surface area contributed by atoms with Crippen molar-refractivity contribution in [3.63, 3.8) is 0 Å². The summed E-state index contributed by atoms with van der Waals surface area (Å²) in [5.74, 6) is 1.90. The molecule has 0 saturated heterocycles. The molecule has 0 N–H and O–H groups in total. The lowest BCUT2D eigenvalue weighted by molar-refractivity contribution is 0.418. The van der Waals surface area contributed by atoms with E-state index in [1.807, 2.05) is 28.7 Å². The molecule has 0 bridgehead atoms. The molecular formula is C39H26OS2.